The van der Waals surface area contributed by atoms with Crippen molar-refractivity contribution in [3.05, 3.63) is 24.3 Å². The summed E-state index contributed by atoms with van der Waals surface area (Å²) >= 11 is 0. The van der Waals surface area contributed by atoms with Crippen molar-refractivity contribution in [3.8, 4) is 0 Å². The second kappa shape index (κ2) is 4.01. The normalized spacial score (nSPS) is 8.10. The molecule has 10 heavy (non-hydrogen) atoms. The maximum absolute atomic E-state index is 5.57. The average molecular weight is 159 g/mol. The Morgan fingerprint density at radius 2 is 1.90 bits per heavy atom. The van der Waals surface area contributed by atoms with Crippen LogP contribution in [-0.4, -0.2) is 7.05 Å². The van der Waals surface area contributed by atoms with Gasteiger partial charge in [-0.3, -0.25) is 0 Å². The SMILES string of the molecule is CNc1ccccc1N.Cl. The van der Waals surface area contributed by atoms with E-state index < -0.39 is 0 Å². The maximum Gasteiger partial charge on any atom is 0.0571 e. The molecule has 0 radical (unpaired) electrons. The molecule has 0 saturated heterocycles. The van der Waals surface area contributed by atoms with Crippen molar-refractivity contribution in [2.24, 2.45) is 0 Å². The standard InChI is InChI=1S/C7H10N2.ClH/c1-9-7-5-3-2-4-6(7)8;/h2-5,9H,8H2,1H3;1H. The van der Waals surface area contributed by atoms with Gasteiger partial charge < -0.3 is 11.1 Å². The summed E-state index contributed by atoms with van der Waals surface area (Å²) in [5, 5.41) is 2.97. The molecule has 1 aromatic rings. The van der Waals surface area contributed by atoms with Gasteiger partial charge in [0.2, 0.25) is 0 Å². The Bertz CT molecular complexity index is 201. The molecule has 0 fully saturated rings. The minimum atomic E-state index is 0. The van der Waals surface area contributed by atoms with Crippen molar-refractivity contribution in [2.45, 2.75) is 0 Å². The molecule has 0 unspecified atom stereocenters. The zero-order valence-corrected chi connectivity index (χ0v) is 6.61. The lowest BCUT2D eigenvalue weighted by molar-refractivity contribution is 1.51. The molecule has 0 heterocycles. The molecule has 0 amide bonds. The Kier molecular flexibility index (Phi) is 3.65. The fourth-order valence-electron chi connectivity index (χ4n) is 0.725. The van der Waals surface area contributed by atoms with Gasteiger partial charge in [0.05, 0.1) is 11.4 Å². The zero-order valence-electron chi connectivity index (χ0n) is 5.79. The first kappa shape index (κ1) is 9.11. The monoisotopic (exact) mass is 158 g/mol. The van der Waals surface area contributed by atoms with Crippen LogP contribution in [0.15, 0.2) is 24.3 Å². The summed E-state index contributed by atoms with van der Waals surface area (Å²) in [5.74, 6) is 0. The molecule has 3 N–H and O–H groups in total. The number of anilines is 2. The van der Waals surface area contributed by atoms with Crippen molar-refractivity contribution < 1.29 is 0 Å². The van der Waals surface area contributed by atoms with Crippen LogP contribution in [0.2, 0.25) is 0 Å². The fraction of sp³-hybridized carbons (Fsp3) is 0.143. The number of hydrogen-bond acceptors (Lipinski definition) is 2. The summed E-state index contributed by atoms with van der Waals surface area (Å²) in [7, 11) is 1.85. The third-order valence-electron chi connectivity index (χ3n) is 1.23. The van der Waals surface area contributed by atoms with Crippen LogP contribution >= 0.6 is 12.4 Å². The van der Waals surface area contributed by atoms with Crippen molar-refractivity contribution >= 4 is 23.8 Å². The summed E-state index contributed by atoms with van der Waals surface area (Å²) < 4.78 is 0. The lowest BCUT2D eigenvalue weighted by atomic mass is 10.3. The smallest absolute Gasteiger partial charge is 0.0571 e. The second-order valence-electron chi connectivity index (χ2n) is 1.84. The quantitative estimate of drug-likeness (QED) is 0.611. The molecule has 0 aliphatic heterocycles. The van der Waals surface area contributed by atoms with Crippen LogP contribution in [0.1, 0.15) is 0 Å². The number of halogens is 1. The highest BCUT2D eigenvalue weighted by Gasteiger charge is 1.89. The van der Waals surface area contributed by atoms with Gasteiger partial charge >= 0.3 is 0 Å². The van der Waals surface area contributed by atoms with Crippen LogP contribution in [0, 0.1) is 0 Å². The van der Waals surface area contributed by atoms with E-state index in [9.17, 15) is 0 Å². The van der Waals surface area contributed by atoms with Crippen LogP contribution in [-0.2, 0) is 0 Å². The van der Waals surface area contributed by atoms with E-state index in [1.165, 1.54) is 0 Å². The van der Waals surface area contributed by atoms with Crippen molar-refractivity contribution in [3.63, 3.8) is 0 Å². The molecule has 0 saturated carbocycles. The predicted octanol–water partition coefficient (Wildman–Crippen LogP) is 1.73. The van der Waals surface area contributed by atoms with Crippen molar-refractivity contribution in [1.82, 2.24) is 0 Å². The highest BCUT2D eigenvalue weighted by atomic mass is 35.5. The van der Waals surface area contributed by atoms with Gasteiger partial charge in [-0.25, -0.2) is 0 Å². The molecule has 0 spiro atoms. The van der Waals surface area contributed by atoms with Gasteiger partial charge in [-0.15, -0.1) is 12.4 Å². The second-order valence-corrected chi connectivity index (χ2v) is 1.84. The van der Waals surface area contributed by atoms with Gasteiger partial charge in [0, 0.05) is 7.05 Å². The van der Waals surface area contributed by atoms with E-state index in [0.29, 0.717) is 0 Å². The molecule has 3 heteroatoms. The number of benzene rings is 1. The Hall–Kier alpha value is -0.890. The summed E-state index contributed by atoms with van der Waals surface area (Å²) in [6.45, 7) is 0. The molecule has 0 aliphatic carbocycles. The molecule has 56 valence electrons. The maximum atomic E-state index is 5.57. The summed E-state index contributed by atoms with van der Waals surface area (Å²) in [4.78, 5) is 0. The largest absolute Gasteiger partial charge is 0.397 e. The van der Waals surface area contributed by atoms with Gasteiger partial charge in [-0.2, -0.15) is 0 Å². The summed E-state index contributed by atoms with van der Waals surface area (Å²) in [6, 6.07) is 7.67. The van der Waals surface area contributed by atoms with E-state index in [4.69, 9.17) is 5.73 Å². The molecule has 1 aromatic carbocycles. The number of rotatable bonds is 1. The lowest BCUT2D eigenvalue weighted by Crippen LogP contribution is -1.93. The highest BCUT2D eigenvalue weighted by molar-refractivity contribution is 5.85. The molecular formula is C7H11ClN2. The molecular weight excluding hydrogens is 148 g/mol. The van der Waals surface area contributed by atoms with E-state index in [1.54, 1.807) is 0 Å². The topological polar surface area (TPSA) is 38.0 Å². The third kappa shape index (κ3) is 1.81. The number of para-hydroxylation sites is 2. The summed E-state index contributed by atoms with van der Waals surface area (Å²) in [6.07, 6.45) is 0. The molecule has 0 bridgehead atoms. The number of nitrogens with one attached hydrogen (secondary N) is 1. The first-order chi connectivity index (χ1) is 4.34. The Morgan fingerprint density at radius 1 is 1.30 bits per heavy atom. The minimum absolute atomic E-state index is 0. The van der Waals surface area contributed by atoms with Gasteiger partial charge in [-0.05, 0) is 12.1 Å². The van der Waals surface area contributed by atoms with Crippen molar-refractivity contribution in [1.29, 1.82) is 0 Å². The van der Waals surface area contributed by atoms with Gasteiger partial charge in [0.25, 0.3) is 0 Å². The van der Waals surface area contributed by atoms with E-state index in [-0.39, 0.29) is 12.4 Å². The van der Waals surface area contributed by atoms with Crippen LogP contribution in [0.5, 0.6) is 0 Å². The van der Waals surface area contributed by atoms with E-state index in [0.717, 1.165) is 11.4 Å². The van der Waals surface area contributed by atoms with E-state index >= 15 is 0 Å². The van der Waals surface area contributed by atoms with Gasteiger partial charge in [-0.1, -0.05) is 12.1 Å². The number of nitrogens with two attached hydrogens (primary N) is 1. The predicted molar refractivity (Wildman–Crippen MR) is 47.6 cm³/mol. The Morgan fingerprint density at radius 3 is 2.30 bits per heavy atom. The molecule has 1 rings (SSSR count). The van der Waals surface area contributed by atoms with Crippen molar-refractivity contribution in [2.75, 3.05) is 18.1 Å². The van der Waals surface area contributed by atoms with Crippen LogP contribution in [0.25, 0.3) is 0 Å². The minimum Gasteiger partial charge on any atom is -0.397 e. The summed E-state index contributed by atoms with van der Waals surface area (Å²) in [5.41, 5.74) is 7.34. The van der Waals surface area contributed by atoms with E-state index in [1.807, 2.05) is 31.3 Å². The lowest BCUT2D eigenvalue weighted by Gasteiger charge is -2.01. The number of hydrogen-bond donors (Lipinski definition) is 2. The Balaban J connectivity index is 0.000000810. The Labute approximate surface area is 66.8 Å². The molecule has 2 nitrogen and oxygen atoms in total. The van der Waals surface area contributed by atoms with Gasteiger partial charge in [0.15, 0.2) is 0 Å². The van der Waals surface area contributed by atoms with Crippen LogP contribution in [0.4, 0.5) is 11.4 Å². The first-order valence-electron chi connectivity index (χ1n) is 2.87. The fourth-order valence-corrected chi connectivity index (χ4v) is 0.725. The number of nitrogen functional groups attached to an aromatic ring is 1. The molecule has 0 aliphatic rings. The zero-order chi connectivity index (χ0) is 6.69. The molecule has 0 atom stereocenters. The third-order valence-corrected chi connectivity index (χ3v) is 1.23. The van der Waals surface area contributed by atoms with Crippen LogP contribution < -0.4 is 11.1 Å². The highest BCUT2D eigenvalue weighted by Crippen LogP contribution is 2.14. The average Bonchev–Trinajstić information content (AvgIpc) is 1.89. The van der Waals surface area contributed by atoms with E-state index in [2.05, 4.69) is 5.32 Å². The molecule has 0 aromatic heterocycles. The van der Waals surface area contributed by atoms with Gasteiger partial charge in [0.1, 0.15) is 0 Å². The first-order valence-corrected chi connectivity index (χ1v) is 2.87. The van der Waals surface area contributed by atoms with Crippen LogP contribution in [0.3, 0.4) is 0 Å².